The summed E-state index contributed by atoms with van der Waals surface area (Å²) in [6.45, 7) is 1.87. The van der Waals surface area contributed by atoms with Crippen LogP contribution in [-0.2, 0) is 4.32 Å². The summed E-state index contributed by atoms with van der Waals surface area (Å²) < 4.78 is -1.89. The molecule has 0 spiro atoms. The number of halogens is 6. The number of hydrogen-bond donors (Lipinski definition) is 0. The Morgan fingerprint density at radius 2 is 1.62 bits per heavy atom. The average Bonchev–Trinajstić information content (AvgIpc) is 1.96. The van der Waals surface area contributed by atoms with Crippen LogP contribution in [0.1, 0.15) is 18.9 Å². The van der Waals surface area contributed by atoms with Gasteiger partial charge in [0.25, 0.3) is 0 Å². The lowest BCUT2D eigenvalue weighted by molar-refractivity contribution is 0.646. The van der Waals surface area contributed by atoms with Gasteiger partial charge < -0.3 is 0 Å². The summed E-state index contributed by atoms with van der Waals surface area (Å²) in [4.78, 5) is 3.86. The number of rotatable bonds is 2. The summed E-state index contributed by atoms with van der Waals surface area (Å²) in [6, 6.07) is 3.36. The first kappa shape index (κ1) is 15.1. The van der Waals surface area contributed by atoms with Crippen LogP contribution in [0.3, 0.4) is 0 Å². The maximum Gasteiger partial charge on any atom is 0.192 e. The van der Waals surface area contributed by atoms with Crippen LogP contribution in [0.2, 0.25) is 10.3 Å². The molecule has 0 saturated carbocycles. The molecule has 0 aliphatic carbocycles. The Kier molecular flexibility index (Phi) is 5.09. The fourth-order valence-electron chi connectivity index (χ4n) is 1.24. The molecule has 7 heteroatoms. The average molecular weight is 386 g/mol. The van der Waals surface area contributed by atoms with Crippen molar-refractivity contribution in [2.75, 3.05) is 0 Å². The molecule has 0 radical (unpaired) electrons. The maximum atomic E-state index is 5.81. The van der Waals surface area contributed by atoms with Gasteiger partial charge in [-0.25, -0.2) is 4.98 Å². The van der Waals surface area contributed by atoms with Gasteiger partial charge >= 0.3 is 0 Å². The van der Waals surface area contributed by atoms with Crippen LogP contribution in [0, 0.1) is 0 Å². The van der Waals surface area contributed by atoms with Crippen molar-refractivity contribution in [1.82, 2.24) is 4.98 Å². The summed E-state index contributed by atoms with van der Waals surface area (Å²) in [5.74, 6) is 0. The normalized spacial score (nSPS) is 15.9. The van der Waals surface area contributed by atoms with Gasteiger partial charge in [-0.3, -0.25) is 0 Å². The first-order valence-corrected chi connectivity index (χ1v) is 6.88. The van der Waals surface area contributed by atoms with Crippen molar-refractivity contribution in [2.24, 2.45) is 0 Å². The van der Waals surface area contributed by atoms with E-state index < -0.39 is 8.12 Å². The maximum absolute atomic E-state index is 5.81. The first-order chi connectivity index (χ1) is 7.10. The summed E-state index contributed by atoms with van der Waals surface area (Å²) >= 11 is 32.4. The van der Waals surface area contributed by atoms with E-state index in [1.807, 2.05) is 6.92 Å². The van der Waals surface area contributed by atoms with E-state index in [1.165, 1.54) is 0 Å². The Bertz CT molecular complexity index is 368. The fourth-order valence-corrected chi connectivity index (χ4v) is 3.64. The smallest absolute Gasteiger partial charge is 0.192 e. The number of pyridine rings is 1. The zero-order valence-electron chi connectivity index (χ0n) is 8.08. The number of aromatic nitrogens is 1. The largest absolute Gasteiger partial charge is 0.224 e. The minimum absolute atomic E-state index is 0.279. The summed E-state index contributed by atoms with van der Waals surface area (Å²) in [6.07, 6.45) is 0.279. The van der Waals surface area contributed by atoms with Crippen molar-refractivity contribution in [2.45, 2.75) is 21.5 Å². The highest BCUT2D eigenvalue weighted by molar-refractivity contribution is 9.09. The third-order valence-corrected chi connectivity index (χ3v) is 3.42. The molecule has 1 unspecified atom stereocenters. The number of hydrogen-bond acceptors (Lipinski definition) is 1. The lowest BCUT2D eigenvalue weighted by atomic mass is 9.99. The van der Waals surface area contributed by atoms with Crippen molar-refractivity contribution in [3.05, 3.63) is 28.0 Å². The molecule has 1 heterocycles. The van der Waals surface area contributed by atoms with Crippen LogP contribution in [0.4, 0.5) is 0 Å². The summed E-state index contributed by atoms with van der Waals surface area (Å²) in [7, 11) is 0. The monoisotopic (exact) mass is 383 g/mol. The lowest BCUT2D eigenvalue weighted by Crippen LogP contribution is -2.21. The van der Waals surface area contributed by atoms with E-state index in [2.05, 4.69) is 20.9 Å². The van der Waals surface area contributed by atoms with Crippen LogP contribution < -0.4 is 0 Å². The highest BCUT2D eigenvalue weighted by Gasteiger charge is 2.34. The van der Waals surface area contributed by atoms with Crippen molar-refractivity contribution in [1.29, 1.82) is 0 Å². The zero-order chi connectivity index (χ0) is 12.6. The van der Waals surface area contributed by atoms with Gasteiger partial charge in [0.15, 0.2) is 3.79 Å². The molecule has 0 aliphatic rings. The van der Waals surface area contributed by atoms with E-state index in [-0.39, 0.29) is 6.42 Å². The zero-order valence-corrected chi connectivity index (χ0v) is 13.4. The molecule has 0 amide bonds. The summed E-state index contributed by atoms with van der Waals surface area (Å²) in [5.41, 5.74) is 0.809. The van der Waals surface area contributed by atoms with Crippen LogP contribution in [0.5, 0.6) is 0 Å². The standard InChI is InChI=1S/C9H7BrCl5N/c1-8(10,4-9(13,14)15)5-2-6(11)16-7(12)3-5/h2-3H,4H2,1H3. The van der Waals surface area contributed by atoms with Gasteiger partial charge in [0.05, 0.1) is 4.32 Å². The van der Waals surface area contributed by atoms with Gasteiger partial charge in [0.2, 0.25) is 0 Å². The molecule has 0 N–H and O–H groups in total. The Morgan fingerprint density at radius 1 is 1.19 bits per heavy atom. The first-order valence-electron chi connectivity index (χ1n) is 4.19. The van der Waals surface area contributed by atoms with Crippen LogP contribution in [-0.4, -0.2) is 8.78 Å². The third kappa shape index (κ3) is 4.75. The molecule has 90 valence electrons. The van der Waals surface area contributed by atoms with E-state index >= 15 is 0 Å². The molecule has 0 aromatic carbocycles. The van der Waals surface area contributed by atoms with E-state index in [0.29, 0.717) is 10.3 Å². The van der Waals surface area contributed by atoms with Gasteiger partial charge in [-0.15, -0.1) is 0 Å². The van der Waals surface area contributed by atoms with E-state index in [0.717, 1.165) is 5.56 Å². The molecular weight excluding hydrogens is 379 g/mol. The molecule has 0 fully saturated rings. The lowest BCUT2D eigenvalue weighted by Gasteiger charge is -2.27. The topological polar surface area (TPSA) is 12.9 Å². The third-order valence-electron chi connectivity index (χ3n) is 1.90. The number of nitrogens with zero attached hydrogens (tertiary/aromatic N) is 1. The van der Waals surface area contributed by atoms with Gasteiger partial charge in [-0.05, 0) is 24.6 Å². The van der Waals surface area contributed by atoms with E-state index in [4.69, 9.17) is 58.0 Å². The molecule has 0 aliphatic heterocycles. The molecule has 0 bridgehead atoms. The second kappa shape index (κ2) is 5.38. The molecular formula is C9H7BrCl5N. The quantitative estimate of drug-likeness (QED) is 0.465. The van der Waals surface area contributed by atoms with Gasteiger partial charge in [-0.1, -0.05) is 73.9 Å². The molecule has 1 aromatic heterocycles. The Hall–Kier alpha value is 1.08. The highest BCUT2D eigenvalue weighted by atomic mass is 79.9. The molecule has 1 rings (SSSR count). The van der Waals surface area contributed by atoms with Crippen molar-refractivity contribution >= 4 is 73.9 Å². The van der Waals surface area contributed by atoms with E-state index in [9.17, 15) is 0 Å². The number of alkyl halides is 4. The minimum atomic E-state index is -1.36. The molecule has 1 nitrogen and oxygen atoms in total. The van der Waals surface area contributed by atoms with E-state index in [1.54, 1.807) is 12.1 Å². The van der Waals surface area contributed by atoms with Crippen molar-refractivity contribution in [3.63, 3.8) is 0 Å². The predicted octanol–water partition coefficient (Wildman–Crippen LogP) is 5.76. The van der Waals surface area contributed by atoms with Crippen molar-refractivity contribution < 1.29 is 0 Å². The Balaban J connectivity index is 3.06. The molecule has 1 atom stereocenters. The van der Waals surface area contributed by atoms with Gasteiger partial charge in [0, 0.05) is 6.42 Å². The van der Waals surface area contributed by atoms with Gasteiger partial charge in [-0.2, -0.15) is 0 Å². The van der Waals surface area contributed by atoms with Crippen molar-refractivity contribution in [3.8, 4) is 0 Å². The van der Waals surface area contributed by atoms with Crippen LogP contribution >= 0.6 is 73.9 Å². The molecule has 16 heavy (non-hydrogen) atoms. The predicted molar refractivity (Wildman–Crippen MR) is 75.4 cm³/mol. The Morgan fingerprint density at radius 3 is 2.00 bits per heavy atom. The Labute approximate surface area is 127 Å². The van der Waals surface area contributed by atoms with Gasteiger partial charge in [0.1, 0.15) is 10.3 Å². The van der Waals surface area contributed by atoms with Crippen LogP contribution in [0.25, 0.3) is 0 Å². The second-order valence-electron chi connectivity index (χ2n) is 3.49. The second-order valence-corrected chi connectivity index (χ2v) is 8.53. The highest BCUT2D eigenvalue weighted by Crippen LogP contribution is 2.45. The van der Waals surface area contributed by atoms with Crippen LogP contribution in [0.15, 0.2) is 12.1 Å². The fraction of sp³-hybridized carbons (Fsp3) is 0.444. The minimum Gasteiger partial charge on any atom is -0.224 e. The summed E-state index contributed by atoms with van der Waals surface area (Å²) in [5, 5.41) is 0.606. The SMILES string of the molecule is CC(Br)(CC(Cl)(Cl)Cl)c1cc(Cl)nc(Cl)c1. The molecule has 0 saturated heterocycles. The molecule has 1 aromatic rings.